The lowest BCUT2D eigenvalue weighted by atomic mass is 10.0. The van der Waals surface area contributed by atoms with Gasteiger partial charge in [0.1, 0.15) is 0 Å². The highest BCUT2D eigenvalue weighted by Gasteiger charge is 2.60. The van der Waals surface area contributed by atoms with Crippen molar-refractivity contribution in [2.75, 3.05) is 13.2 Å². The van der Waals surface area contributed by atoms with Crippen molar-refractivity contribution in [3.63, 3.8) is 0 Å². The molecule has 2 heterocycles. The maximum Gasteiger partial charge on any atom is 0.244 e. The fourth-order valence-corrected chi connectivity index (χ4v) is 4.35. The summed E-state index contributed by atoms with van der Waals surface area (Å²) in [6.07, 6.45) is 11.4. The van der Waals surface area contributed by atoms with Crippen molar-refractivity contribution >= 4 is 5.91 Å². The minimum atomic E-state index is -0.149. The van der Waals surface area contributed by atoms with Crippen molar-refractivity contribution in [2.45, 2.75) is 75.6 Å². The number of nitrogens with one attached hydrogen (secondary N) is 1. The van der Waals surface area contributed by atoms with E-state index in [0.717, 1.165) is 32.4 Å². The molecule has 4 nitrogen and oxygen atoms in total. The van der Waals surface area contributed by atoms with Crippen LogP contribution in [0.1, 0.15) is 57.8 Å². The molecular weight excluding hydrogens is 252 g/mol. The Morgan fingerprint density at radius 1 is 1.20 bits per heavy atom. The molecule has 0 aromatic rings. The molecule has 2 saturated carbocycles. The number of carbonyl (C=O) groups is 1. The summed E-state index contributed by atoms with van der Waals surface area (Å²) >= 11 is 0. The number of nitrogens with zero attached hydrogens (tertiary/aromatic N) is 1. The van der Waals surface area contributed by atoms with Gasteiger partial charge in [-0.3, -0.25) is 10.1 Å². The molecule has 4 rings (SSSR count). The van der Waals surface area contributed by atoms with Crippen LogP contribution in [0.5, 0.6) is 0 Å². The zero-order valence-electron chi connectivity index (χ0n) is 12.3. The number of hydrogen-bond donors (Lipinski definition) is 1. The Kier molecular flexibility index (Phi) is 3.26. The van der Waals surface area contributed by atoms with Crippen LogP contribution in [0.25, 0.3) is 0 Å². The lowest BCUT2D eigenvalue weighted by molar-refractivity contribution is -0.131. The predicted molar refractivity (Wildman–Crippen MR) is 76.2 cm³/mol. The van der Waals surface area contributed by atoms with Crippen LogP contribution in [-0.2, 0) is 9.53 Å². The first-order chi connectivity index (χ1) is 9.78. The molecule has 1 N–H and O–H groups in total. The van der Waals surface area contributed by atoms with Crippen molar-refractivity contribution < 1.29 is 9.53 Å². The summed E-state index contributed by atoms with van der Waals surface area (Å²) in [5, 5.41) is 3.69. The number of carbonyl (C=O) groups excluding carboxylic acids is 1. The molecule has 4 fully saturated rings. The van der Waals surface area contributed by atoms with Gasteiger partial charge in [0.25, 0.3) is 0 Å². The fourth-order valence-electron chi connectivity index (χ4n) is 4.35. The molecule has 2 unspecified atom stereocenters. The van der Waals surface area contributed by atoms with E-state index in [0.29, 0.717) is 24.1 Å². The lowest BCUT2D eigenvalue weighted by Crippen LogP contribution is -2.43. The van der Waals surface area contributed by atoms with E-state index in [9.17, 15) is 4.79 Å². The molecule has 2 atom stereocenters. The molecular formula is C16H26N2O2. The summed E-state index contributed by atoms with van der Waals surface area (Å²) < 4.78 is 5.72. The van der Waals surface area contributed by atoms with Crippen LogP contribution >= 0.6 is 0 Å². The average Bonchev–Trinajstić information content (AvgIpc) is 2.90. The largest absolute Gasteiger partial charge is 0.378 e. The second-order valence-electron chi connectivity index (χ2n) is 7.14. The van der Waals surface area contributed by atoms with Gasteiger partial charge in [-0.15, -0.1) is 0 Å². The van der Waals surface area contributed by atoms with Gasteiger partial charge < -0.3 is 9.64 Å². The fraction of sp³-hybridized carbons (Fsp3) is 0.938. The first kappa shape index (κ1) is 13.1. The summed E-state index contributed by atoms with van der Waals surface area (Å²) in [6.45, 7) is 1.80. The van der Waals surface area contributed by atoms with Crippen LogP contribution in [0.2, 0.25) is 0 Å². The first-order valence-electron chi connectivity index (χ1n) is 8.49. The highest BCUT2D eigenvalue weighted by molar-refractivity contribution is 5.91. The third-order valence-electron chi connectivity index (χ3n) is 5.74. The maximum absolute atomic E-state index is 12.7. The quantitative estimate of drug-likeness (QED) is 0.855. The van der Waals surface area contributed by atoms with E-state index in [1.807, 2.05) is 0 Å². The van der Waals surface area contributed by atoms with Crippen molar-refractivity contribution in [1.82, 2.24) is 10.2 Å². The topological polar surface area (TPSA) is 41.6 Å². The van der Waals surface area contributed by atoms with Crippen LogP contribution < -0.4 is 5.32 Å². The molecule has 2 aliphatic carbocycles. The molecule has 20 heavy (non-hydrogen) atoms. The lowest BCUT2D eigenvalue weighted by Gasteiger charge is -2.29. The van der Waals surface area contributed by atoms with Crippen LogP contribution in [0, 0.1) is 5.92 Å². The average molecular weight is 278 g/mol. The number of hydrogen-bond acceptors (Lipinski definition) is 3. The van der Waals surface area contributed by atoms with Crippen LogP contribution in [-0.4, -0.2) is 41.8 Å². The SMILES string of the molecule is O=C1N(CCC2CCCO2)C(C2CCCC2)NC12CC2. The van der Waals surface area contributed by atoms with E-state index in [-0.39, 0.29) is 5.54 Å². The Labute approximate surface area is 121 Å². The smallest absolute Gasteiger partial charge is 0.244 e. The zero-order valence-corrected chi connectivity index (χ0v) is 12.3. The van der Waals surface area contributed by atoms with E-state index < -0.39 is 0 Å². The van der Waals surface area contributed by atoms with Crippen LogP contribution in [0.4, 0.5) is 0 Å². The Morgan fingerprint density at radius 3 is 2.65 bits per heavy atom. The van der Waals surface area contributed by atoms with Crippen molar-refractivity contribution in [1.29, 1.82) is 0 Å². The monoisotopic (exact) mass is 278 g/mol. The molecule has 0 aromatic heterocycles. The Morgan fingerprint density at radius 2 is 2.00 bits per heavy atom. The highest BCUT2D eigenvalue weighted by atomic mass is 16.5. The van der Waals surface area contributed by atoms with Crippen LogP contribution in [0.3, 0.4) is 0 Å². The van der Waals surface area contributed by atoms with Gasteiger partial charge in [0.2, 0.25) is 5.91 Å². The molecule has 0 radical (unpaired) electrons. The zero-order chi connectivity index (χ0) is 13.6. The molecule has 1 spiro atoms. The van der Waals surface area contributed by atoms with E-state index >= 15 is 0 Å². The third kappa shape index (κ3) is 2.17. The maximum atomic E-state index is 12.7. The van der Waals surface area contributed by atoms with E-state index in [1.54, 1.807) is 0 Å². The van der Waals surface area contributed by atoms with Gasteiger partial charge >= 0.3 is 0 Å². The Bertz CT molecular complexity index is 382. The van der Waals surface area contributed by atoms with Gasteiger partial charge in [0.15, 0.2) is 0 Å². The van der Waals surface area contributed by atoms with Crippen molar-refractivity contribution in [3.05, 3.63) is 0 Å². The Hall–Kier alpha value is -0.610. The van der Waals surface area contributed by atoms with E-state index in [2.05, 4.69) is 10.2 Å². The number of ether oxygens (including phenoxy) is 1. The number of amides is 1. The highest BCUT2D eigenvalue weighted by Crippen LogP contribution is 2.45. The molecule has 4 aliphatic rings. The van der Waals surface area contributed by atoms with Gasteiger partial charge in [-0.25, -0.2) is 0 Å². The molecule has 112 valence electrons. The molecule has 2 saturated heterocycles. The molecule has 2 aliphatic heterocycles. The van der Waals surface area contributed by atoms with Gasteiger partial charge in [0, 0.05) is 13.2 Å². The summed E-state index contributed by atoms with van der Waals surface area (Å²) in [4.78, 5) is 14.9. The first-order valence-corrected chi connectivity index (χ1v) is 8.49. The van der Waals surface area contributed by atoms with Gasteiger partial charge in [-0.05, 0) is 50.9 Å². The number of rotatable bonds is 4. The predicted octanol–water partition coefficient (Wildman–Crippen LogP) is 2.04. The minimum absolute atomic E-state index is 0.149. The normalized spacial score (nSPS) is 36.4. The summed E-state index contributed by atoms with van der Waals surface area (Å²) in [6, 6.07) is 0. The molecule has 0 aromatic carbocycles. The molecule has 4 heteroatoms. The van der Waals surface area contributed by atoms with Gasteiger partial charge in [0.05, 0.1) is 17.8 Å². The minimum Gasteiger partial charge on any atom is -0.378 e. The second-order valence-corrected chi connectivity index (χ2v) is 7.14. The molecule has 0 bridgehead atoms. The van der Waals surface area contributed by atoms with Crippen LogP contribution in [0.15, 0.2) is 0 Å². The molecule has 1 amide bonds. The third-order valence-corrected chi connectivity index (χ3v) is 5.74. The summed E-state index contributed by atoms with van der Waals surface area (Å²) in [5.74, 6) is 1.07. The summed E-state index contributed by atoms with van der Waals surface area (Å²) in [7, 11) is 0. The van der Waals surface area contributed by atoms with Gasteiger partial charge in [-0.2, -0.15) is 0 Å². The van der Waals surface area contributed by atoms with Gasteiger partial charge in [-0.1, -0.05) is 12.8 Å². The van der Waals surface area contributed by atoms with Crippen molar-refractivity contribution in [3.8, 4) is 0 Å². The standard InChI is InChI=1S/C16H26N2O2/c19-15-16(8-9-16)17-14(12-4-1-2-5-12)18(15)10-7-13-6-3-11-20-13/h12-14,17H,1-11H2. The second kappa shape index (κ2) is 4.99. The Balaban J connectivity index is 1.43. The summed E-state index contributed by atoms with van der Waals surface area (Å²) in [5.41, 5.74) is -0.149. The van der Waals surface area contributed by atoms with E-state index in [4.69, 9.17) is 4.74 Å². The van der Waals surface area contributed by atoms with Crippen molar-refractivity contribution in [2.24, 2.45) is 5.92 Å². The van der Waals surface area contributed by atoms with E-state index in [1.165, 1.54) is 38.5 Å².